The van der Waals surface area contributed by atoms with Crippen molar-refractivity contribution >= 4 is 25.1 Å². The van der Waals surface area contributed by atoms with Gasteiger partial charge in [0.1, 0.15) is 0 Å². The van der Waals surface area contributed by atoms with Gasteiger partial charge in [-0.25, -0.2) is 0 Å². The Morgan fingerprint density at radius 3 is 2.57 bits per heavy atom. The number of imidazole rings is 1. The molecule has 0 spiro atoms. The van der Waals surface area contributed by atoms with Gasteiger partial charge in [0.05, 0.1) is 16.9 Å². The van der Waals surface area contributed by atoms with E-state index in [-0.39, 0.29) is 20.1 Å². The number of rotatable bonds is 0. The molecule has 0 saturated carbocycles. The summed E-state index contributed by atoms with van der Waals surface area (Å²) in [5.74, 6) is 1.07. The predicted octanol–water partition coefficient (Wildman–Crippen LogP) is 4.12. The molecule has 1 radical (unpaired) electrons. The van der Waals surface area contributed by atoms with Gasteiger partial charge in [-0.1, -0.05) is 11.3 Å². The second-order valence-corrected chi connectivity index (χ2v) is 10.8. The number of benzene rings is 2. The van der Waals surface area contributed by atoms with Crippen LogP contribution >= 0.6 is 0 Å². The van der Waals surface area contributed by atoms with Gasteiger partial charge in [-0.3, -0.25) is 4.98 Å². The van der Waals surface area contributed by atoms with Crippen LogP contribution < -0.4 is 4.57 Å². The quantitative estimate of drug-likeness (QED) is 0.344. The zero-order chi connectivity index (χ0) is 15.6. The first-order chi connectivity index (χ1) is 10.4. The fourth-order valence-electron chi connectivity index (χ4n) is 3.39. The van der Waals surface area contributed by atoms with Crippen LogP contribution in [0.5, 0.6) is 0 Å². The zero-order valence-corrected chi connectivity index (χ0v) is 17.5. The van der Waals surface area contributed by atoms with E-state index in [1.165, 1.54) is 22.3 Å². The fraction of sp³-hybridized carbons (Fsp3) is 0.278. The zero-order valence-electron chi connectivity index (χ0n) is 14.1. The minimum atomic E-state index is -1.85. The largest absolute Gasteiger partial charge is 0.425 e. The molecule has 4 rings (SSSR count). The Morgan fingerprint density at radius 1 is 1.13 bits per heavy atom. The topological polar surface area (TPSA) is 21.1 Å². The maximum Gasteiger partial charge on any atom is 0.246 e. The van der Waals surface area contributed by atoms with Crippen molar-refractivity contribution in [1.29, 1.82) is 0 Å². The first-order valence-corrected chi connectivity index (χ1v) is 10.6. The van der Waals surface area contributed by atoms with E-state index in [0.29, 0.717) is 0 Å². The molecule has 0 saturated heterocycles. The number of nitrogens with zero attached hydrogens (tertiary/aromatic N) is 3. The Morgan fingerprint density at radius 2 is 1.83 bits per heavy atom. The van der Waals surface area contributed by atoms with Crippen molar-refractivity contribution < 1.29 is 20.1 Å². The maximum absolute atomic E-state index is 4.97. The fourth-order valence-corrected chi connectivity index (χ4v) is 5.91. The Balaban J connectivity index is 0.00000156. The molecule has 0 aliphatic carbocycles. The molecule has 0 fully saturated rings. The number of fused-ring (bicyclic) bond motifs is 5. The van der Waals surface area contributed by atoms with E-state index < -0.39 is 8.40 Å². The van der Waals surface area contributed by atoms with Gasteiger partial charge in [-0.2, -0.15) is 0 Å². The van der Waals surface area contributed by atoms with Crippen LogP contribution in [0.15, 0.2) is 30.3 Å². The number of aryl methyl sites for hydroxylation is 2. The molecule has 2 aromatic carbocycles. The third-order valence-electron chi connectivity index (χ3n) is 5.06. The summed E-state index contributed by atoms with van der Waals surface area (Å²) in [5.41, 5.74) is 7.33. The number of hydrogen-bond acceptors (Lipinski definition) is 2. The van der Waals surface area contributed by atoms with Crippen molar-refractivity contribution in [2.75, 3.05) is 11.6 Å². The van der Waals surface area contributed by atoms with Crippen LogP contribution in [0.1, 0.15) is 11.1 Å². The van der Waals surface area contributed by atoms with Crippen LogP contribution in [0.4, 0.5) is 5.69 Å². The van der Waals surface area contributed by atoms with Gasteiger partial charge in [0.25, 0.3) is 0 Å². The minimum absolute atomic E-state index is 0. The van der Waals surface area contributed by atoms with E-state index in [1.807, 2.05) is 6.07 Å². The molecule has 121 valence electrons. The molecule has 5 heteroatoms. The predicted molar refractivity (Wildman–Crippen MR) is 94.8 cm³/mol. The summed E-state index contributed by atoms with van der Waals surface area (Å²) in [6.45, 7) is 9.09. The molecule has 1 aromatic heterocycles. The average Bonchev–Trinajstić information content (AvgIpc) is 2.85. The molecule has 0 unspecified atom stereocenters. The summed E-state index contributed by atoms with van der Waals surface area (Å²) in [5, 5.41) is 0. The van der Waals surface area contributed by atoms with Crippen LogP contribution in [-0.2, 0) is 20.1 Å². The van der Waals surface area contributed by atoms with Gasteiger partial charge in [-0.15, -0.1) is 24.3 Å². The Bertz CT molecular complexity index is 914. The van der Waals surface area contributed by atoms with Crippen LogP contribution in [0, 0.1) is 19.9 Å². The third kappa shape index (κ3) is 2.14. The van der Waals surface area contributed by atoms with E-state index in [2.05, 4.69) is 73.1 Å². The molecule has 3 nitrogen and oxygen atoms in total. The minimum Gasteiger partial charge on any atom is -0.425 e. The van der Waals surface area contributed by atoms with E-state index in [9.17, 15) is 0 Å². The number of anilines is 1. The van der Waals surface area contributed by atoms with Crippen molar-refractivity contribution in [1.82, 2.24) is 9.22 Å². The van der Waals surface area contributed by atoms with Crippen molar-refractivity contribution in [3.63, 3.8) is 0 Å². The summed E-state index contributed by atoms with van der Waals surface area (Å²) in [6.07, 6.45) is 0. The maximum atomic E-state index is 4.97. The Hall–Kier alpha value is -1.42. The van der Waals surface area contributed by atoms with Crippen LogP contribution in [-0.4, -0.2) is 24.7 Å². The third-order valence-corrected chi connectivity index (χ3v) is 8.49. The molecule has 0 N–H and O–H groups in total. The van der Waals surface area contributed by atoms with Crippen LogP contribution in [0.2, 0.25) is 13.1 Å². The van der Waals surface area contributed by atoms with E-state index in [1.54, 1.807) is 0 Å². The summed E-state index contributed by atoms with van der Waals surface area (Å²) in [4.78, 5) is 4.97. The van der Waals surface area contributed by atoms with E-state index in [0.717, 1.165) is 16.9 Å². The molecular formula is C18H20IrN3Si-. The van der Waals surface area contributed by atoms with Crippen molar-refractivity contribution in [3.8, 4) is 11.4 Å². The molecule has 2 heterocycles. The molecule has 3 aromatic rings. The molecule has 0 bridgehead atoms. The number of hydrogen-bond donors (Lipinski definition) is 0. The molecule has 1 aliphatic rings. The monoisotopic (exact) mass is 499 g/mol. The molecule has 0 amide bonds. The second kappa shape index (κ2) is 5.30. The number of aromatic nitrogens is 2. The van der Waals surface area contributed by atoms with E-state index in [4.69, 9.17) is 4.98 Å². The summed E-state index contributed by atoms with van der Waals surface area (Å²) in [7, 11) is 0.352. The van der Waals surface area contributed by atoms with Gasteiger partial charge >= 0.3 is 0 Å². The van der Waals surface area contributed by atoms with Crippen molar-refractivity contribution in [2.45, 2.75) is 26.9 Å². The second-order valence-electron chi connectivity index (χ2n) is 6.68. The SMILES string of the molecule is Cc1cc2nc3n(c2cc1C)[Si](C)(C)N(C)c1ccc[c-]c1-3.[Ir]. The standard InChI is InChI=1S/C18H20N3Si.Ir/c1-12-10-15-17(11-13(12)2)21-18(19-15)14-8-6-7-9-16(14)20(3)22(21,4)5;/h6-7,9-11H,1-5H3;/q-1;. The van der Waals surface area contributed by atoms with E-state index >= 15 is 0 Å². The Labute approximate surface area is 151 Å². The average molecular weight is 499 g/mol. The smallest absolute Gasteiger partial charge is 0.246 e. The molecule has 23 heavy (non-hydrogen) atoms. The summed E-state index contributed by atoms with van der Waals surface area (Å²) < 4.78 is 4.93. The first-order valence-electron chi connectivity index (χ1n) is 7.66. The van der Waals surface area contributed by atoms with Crippen molar-refractivity contribution in [3.05, 3.63) is 47.5 Å². The first kappa shape index (κ1) is 16.4. The Kier molecular flexibility index (Phi) is 3.79. The van der Waals surface area contributed by atoms with Gasteiger partial charge < -0.3 is 8.80 Å². The van der Waals surface area contributed by atoms with Gasteiger partial charge in [0.2, 0.25) is 8.40 Å². The molecule has 1 aliphatic heterocycles. The summed E-state index contributed by atoms with van der Waals surface area (Å²) >= 11 is 0. The van der Waals surface area contributed by atoms with Gasteiger partial charge in [-0.05, 0) is 57.2 Å². The van der Waals surface area contributed by atoms with Crippen molar-refractivity contribution in [2.24, 2.45) is 0 Å². The van der Waals surface area contributed by atoms with Gasteiger partial charge in [0, 0.05) is 20.1 Å². The normalized spacial score (nSPS) is 15.1. The molecule has 0 atom stereocenters. The van der Waals surface area contributed by atoms with Crippen LogP contribution in [0.25, 0.3) is 22.4 Å². The molecular weight excluding hydrogens is 479 g/mol. The summed E-state index contributed by atoms with van der Waals surface area (Å²) in [6, 6.07) is 14.1. The van der Waals surface area contributed by atoms with Crippen LogP contribution in [0.3, 0.4) is 0 Å². The van der Waals surface area contributed by atoms with Gasteiger partial charge in [0.15, 0.2) is 0 Å².